The van der Waals surface area contributed by atoms with Gasteiger partial charge in [0.05, 0.1) is 11.5 Å². The van der Waals surface area contributed by atoms with Gasteiger partial charge < -0.3 is 19.5 Å². The van der Waals surface area contributed by atoms with E-state index in [1.54, 1.807) is 37.3 Å². The molecule has 4 rings (SSSR count). The van der Waals surface area contributed by atoms with Crippen LogP contribution in [0.25, 0.3) is 0 Å². The fraction of sp³-hybridized carbons (Fsp3) is 0.381. The topological polar surface area (TPSA) is 103 Å². The summed E-state index contributed by atoms with van der Waals surface area (Å²) in [5, 5.41) is 2.77. The molecule has 0 aromatic heterocycles. The second-order valence-corrected chi connectivity index (χ2v) is 9.08. The van der Waals surface area contributed by atoms with E-state index in [9.17, 15) is 13.2 Å². The molecule has 1 fully saturated rings. The summed E-state index contributed by atoms with van der Waals surface area (Å²) in [5.74, 6) is 1.28. The van der Waals surface area contributed by atoms with Crippen LogP contribution in [0.3, 0.4) is 0 Å². The molecule has 2 aromatic carbocycles. The average Bonchev–Trinajstić information content (AvgIpc) is 3.57. The number of hydrogen-bond acceptors (Lipinski definition) is 6. The second-order valence-electron chi connectivity index (χ2n) is 7.40. The van der Waals surface area contributed by atoms with Crippen molar-refractivity contribution in [3.8, 4) is 11.5 Å². The summed E-state index contributed by atoms with van der Waals surface area (Å²) in [6.07, 6.45) is 1.79. The van der Waals surface area contributed by atoms with Crippen molar-refractivity contribution in [2.75, 3.05) is 29.9 Å². The number of anilines is 2. The van der Waals surface area contributed by atoms with E-state index in [-0.39, 0.29) is 10.8 Å². The first-order valence-corrected chi connectivity index (χ1v) is 11.3. The number of fused-ring (bicyclic) bond motifs is 1. The number of amides is 1. The van der Waals surface area contributed by atoms with Crippen LogP contribution in [0, 0.1) is 5.92 Å². The third kappa shape index (κ3) is 5.03. The number of rotatable bonds is 8. The number of carbonyl (C=O) groups excluding carboxylic acids is 1. The van der Waals surface area contributed by atoms with Crippen LogP contribution < -0.4 is 19.5 Å². The first-order valence-electron chi connectivity index (χ1n) is 9.86. The predicted octanol–water partition coefficient (Wildman–Crippen LogP) is 3.01. The van der Waals surface area contributed by atoms with Crippen LogP contribution >= 0.6 is 0 Å². The Bertz CT molecular complexity index is 1020. The van der Waals surface area contributed by atoms with Gasteiger partial charge in [0.2, 0.25) is 0 Å². The Morgan fingerprint density at radius 2 is 1.73 bits per heavy atom. The van der Waals surface area contributed by atoms with E-state index in [1.807, 2.05) is 0 Å². The van der Waals surface area contributed by atoms with Crippen LogP contribution in [0.15, 0.2) is 47.4 Å². The lowest BCUT2D eigenvalue weighted by Gasteiger charge is -2.19. The van der Waals surface area contributed by atoms with Gasteiger partial charge in [0.25, 0.3) is 15.9 Å². The maximum atomic E-state index is 12.7. The smallest absolute Gasteiger partial charge is 0.262 e. The van der Waals surface area contributed by atoms with Crippen molar-refractivity contribution in [2.24, 2.45) is 5.92 Å². The predicted molar refractivity (Wildman–Crippen MR) is 111 cm³/mol. The van der Waals surface area contributed by atoms with Crippen LogP contribution in [0.1, 0.15) is 19.8 Å². The molecule has 0 saturated heterocycles. The van der Waals surface area contributed by atoms with Crippen LogP contribution in [0.5, 0.6) is 11.5 Å². The largest absolute Gasteiger partial charge is 0.486 e. The molecular formula is C21H24N2O6S. The van der Waals surface area contributed by atoms with E-state index in [4.69, 9.17) is 14.2 Å². The Morgan fingerprint density at radius 1 is 1.07 bits per heavy atom. The molecule has 0 radical (unpaired) electrons. The molecule has 1 amide bonds. The highest BCUT2D eigenvalue weighted by Gasteiger charge is 2.24. The lowest BCUT2D eigenvalue weighted by atomic mass is 10.2. The minimum atomic E-state index is -3.80. The molecule has 2 aromatic rings. The first kappa shape index (κ1) is 20.5. The van der Waals surface area contributed by atoms with Crippen molar-refractivity contribution in [2.45, 2.75) is 30.8 Å². The van der Waals surface area contributed by atoms with Gasteiger partial charge in [-0.25, -0.2) is 8.42 Å². The Labute approximate surface area is 175 Å². The summed E-state index contributed by atoms with van der Waals surface area (Å²) >= 11 is 0. The van der Waals surface area contributed by atoms with E-state index >= 15 is 0 Å². The molecule has 0 spiro atoms. The van der Waals surface area contributed by atoms with E-state index in [0.717, 1.165) is 12.8 Å². The van der Waals surface area contributed by atoms with Gasteiger partial charge in [0, 0.05) is 17.4 Å². The summed E-state index contributed by atoms with van der Waals surface area (Å²) in [5.41, 5.74) is 0.935. The van der Waals surface area contributed by atoms with E-state index in [2.05, 4.69) is 10.0 Å². The summed E-state index contributed by atoms with van der Waals surface area (Å²) in [4.78, 5) is 12.3. The minimum Gasteiger partial charge on any atom is -0.486 e. The van der Waals surface area contributed by atoms with Gasteiger partial charge in [0.1, 0.15) is 19.3 Å². The SMILES string of the molecule is CC(OCC1CC1)C(=O)Nc1ccc(NS(=O)(=O)c2ccc3c(c2)OCCO3)cc1. The van der Waals surface area contributed by atoms with Gasteiger partial charge in [-0.05, 0) is 62.1 Å². The molecule has 9 heteroatoms. The van der Waals surface area contributed by atoms with Crippen LogP contribution in [0.4, 0.5) is 11.4 Å². The third-order valence-electron chi connectivity index (χ3n) is 4.88. The summed E-state index contributed by atoms with van der Waals surface area (Å²) in [7, 11) is -3.80. The number of carbonyl (C=O) groups is 1. The molecule has 1 unspecified atom stereocenters. The normalized spacial score (nSPS) is 16.6. The molecule has 30 heavy (non-hydrogen) atoms. The number of nitrogens with one attached hydrogen (secondary N) is 2. The van der Waals surface area contributed by atoms with Gasteiger partial charge in [0.15, 0.2) is 11.5 Å². The van der Waals surface area contributed by atoms with Gasteiger partial charge >= 0.3 is 0 Å². The van der Waals surface area contributed by atoms with Gasteiger partial charge in [-0.2, -0.15) is 0 Å². The first-order chi connectivity index (χ1) is 14.4. The maximum absolute atomic E-state index is 12.7. The average molecular weight is 432 g/mol. The molecule has 160 valence electrons. The Balaban J connectivity index is 1.37. The van der Waals surface area contributed by atoms with E-state index in [0.29, 0.717) is 48.6 Å². The molecule has 2 aliphatic rings. The van der Waals surface area contributed by atoms with Crippen molar-refractivity contribution < 1.29 is 27.4 Å². The van der Waals surface area contributed by atoms with Crippen LogP contribution in [0.2, 0.25) is 0 Å². The van der Waals surface area contributed by atoms with Crippen LogP contribution in [-0.2, 0) is 19.6 Å². The lowest BCUT2D eigenvalue weighted by Crippen LogP contribution is -2.28. The molecule has 1 saturated carbocycles. The molecule has 1 aliphatic heterocycles. The Morgan fingerprint density at radius 3 is 2.43 bits per heavy atom. The molecule has 1 heterocycles. The monoisotopic (exact) mass is 432 g/mol. The summed E-state index contributed by atoms with van der Waals surface area (Å²) < 4.78 is 44.3. The van der Waals surface area contributed by atoms with Gasteiger partial charge in [-0.15, -0.1) is 0 Å². The van der Waals surface area contributed by atoms with Crippen molar-refractivity contribution in [3.63, 3.8) is 0 Å². The van der Waals surface area contributed by atoms with Crippen molar-refractivity contribution in [3.05, 3.63) is 42.5 Å². The third-order valence-corrected chi connectivity index (χ3v) is 6.26. The highest BCUT2D eigenvalue weighted by molar-refractivity contribution is 7.92. The van der Waals surface area contributed by atoms with Crippen LogP contribution in [-0.4, -0.2) is 40.2 Å². The number of ether oxygens (including phenoxy) is 3. The fourth-order valence-electron chi connectivity index (χ4n) is 2.91. The molecule has 1 aliphatic carbocycles. The van der Waals surface area contributed by atoms with Crippen molar-refractivity contribution in [1.82, 2.24) is 0 Å². The number of benzene rings is 2. The Hall–Kier alpha value is -2.78. The zero-order chi connectivity index (χ0) is 21.1. The highest BCUT2D eigenvalue weighted by atomic mass is 32.2. The van der Waals surface area contributed by atoms with E-state index < -0.39 is 16.1 Å². The van der Waals surface area contributed by atoms with Crippen molar-refractivity contribution >= 4 is 27.3 Å². The number of hydrogen-bond donors (Lipinski definition) is 2. The van der Waals surface area contributed by atoms with Gasteiger partial charge in [-0.3, -0.25) is 9.52 Å². The summed E-state index contributed by atoms with van der Waals surface area (Å²) in [6.45, 7) is 3.13. The van der Waals surface area contributed by atoms with E-state index in [1.165, 1.54) is 12.1 Å². The zero-order valence-corrected chi connectivity index (χ0v) is 17.4. The van der Waals surface area contributed by atoms with Crippen molar-refractivity contribution in [1.29, 1.82) is 0 Å². The molecule has 8 nitrogen and oxygen atoms in total. The minimum absolute atomic E-state index is 0.0748. The Kier molecular flexibility index (Phi) is 5.83. The summed E-state index contributed by atoms with van der Waals surface area (Å²) in [6, 6.07) is 10.9. The quantitative estimate of drug-likeness (QED) is 0.665. The van der Waals surface area contributed by atoms with Gasteiger partial charge in [-0.1, -0.05) is 0 Å². The lowest BCUT2D eigenvalue weighted by molar-refractivity contribution is -0.126. The maximum Gasteiger partial charge on any atom is 0.262 e. The highest BCUT2D eigenvalue weighted by Crippen LogP contribution is 2.33. The molecule has 1 atom stereocenters. The molecule has 0 bridgehead atoms. The second kappa shape index (κ2) is 8.53. The molecular weight excluding hydrogens is 408 g/mol. The zero-order valence-electron chi connectivity index (χ0n) is 16.6. The standard InChI is InChI=1S/C21H24N2O6S/c1-14(29-13-15-2-3-15)21(24)22-16-4-6-17(7-5-16)23-30(25,26)18-8-9-19-20(12-18)28-11-10-27-19/h4-9,12,14-15,23H,2-3,10-11,13H2,1H3,(H,22,24). The number of sulfonamides is 1. The molecule has 2 N–H and O–H groups in total. The fourth-order valence-corrected chi connectivity index (χ4v) is 3.98.